The minimum absolute atomic E-state index is 0. The summed E-state index contributed by atoms with van der Waals surface area (Å²) in [4.78, 5) is 0. The Kier molecular flexibility index (Phi) is 4.56. The summed E-state index contributed by atoms with van der Waals surface area (Å²) in [7, 11) is 0. The topological polar surface area (TPSA) is 46.2 Å². The van der Waals surface area contributed by atoms with Gasteiger partial charge in [-0.3, -0.25) is 0 Å². The second kappa shape index (κ2) is 5.27. The number of nitrogens with two attached hydrogens (primary N) is 1. The molecule has 1 aromatic carbocycles. The monoisotopic (exact) mass is 345 g/mol. The van der Waals surface area contributed by atoms with Crippen LogP contribution in [0.2, 0.25) is 0 Å². The van der Waals surface area contributed by atoms with Crippen LogP contribution in [0.4, 0.5) is 13.2 Å². The highest BCUT2D eigenvalue weighted by Gasteiger charge is 2.38. The molecule has 0 amide bonds. The summed E-state index contributed by atoms with van der Waals surface area (Å²) in [5, 5.41) is 9.68. The molecule has 7 heteroatoms. The van der Waals surface area contributed by atoms with E-state index >= 15 is 0 Å². The molecule has 18 heavy (non-hydrogen) atoms. The predicted molar refractivity (Wildman–Crippen MR) is 67.7 cm³/mol. The van der Waals surface area contributed by atoms with Crippen molar-refractivity contribution < 1.29 is 18.3 Å². The molecular formula is C11H12BrClF3NO. The molecule has 1 fully saturated rings. The average Bonchev–Trinajstić information content (AvgIpc) is 3.01. The smallest absolute Gasteiger partial charge is 0.420 e. The molecule has 3 N–H and O–H groups in total. The van der Waals surface area contributed by atoms with E-state index in [-0.39, 0.29) is 28.4 Å². The average molecular weight is 347 g/mol. The fourth-order valence-electron chi connectivity index (χ4n) is 1.80. The number of hydrogen-bond donors (Lipinski definition) is 2. The first kappa shape index (κ1) is 15.6. The highest BCUT2D eigenvalue weighted by Crippen LogP contribution is 2.46. The van der Waals surface area contributed by atoms with Gasteiger partial charge in [-0.05, 0) is 30.9 Å². The minimum atomic E-state index is -4.58. The van der Waals surface area contributed by atoms with Gasteiger partial charge in [-0.15, -0.1) is 12.4 Å². The minimum Gasteiger partial charge on any atom is -0.507 e. The Bertz CT molecular complexity index is 449. The fraction of sp³-hybridized carbons (Fsp3) is 0.455. The first-order chi connectivity index (χ1) is 7.80. The van der Waals surface area contributed by atoms with Gasteiger partial charge in [0, 0.05) is 16.1 Å². The van der Waals surface area contributed by atoms with Crippen LogP contribution in [0.5, 0.6) is 5.75 Å². The SMILES string of the molecule is Cl.N[C@@H](c1cc(Br)cc(C(F)(F)F)c1O)C1CC1. The number of phenols is 1. The second-order valence-electron chi connectivity index (χ2n) is 4.25. The zero-order valence-electron chi connectivity index (χ0n) is 9.17. The van der Waals surface area contributed by atoms with Gasteiger partial charge in [-0.25, -0.2) is 0 Å². The van der Waals surface area contributed by atoms with Crippen molar-refractivity contribution in [2.75, 3.05) is 0 Å². The van der Waals surface area contributed by atoms with Gasteiger partial charge in [0.1, 0.15) is 5.75 Å². The van der Waals surface area contributed by atoms with E-state index in [0.717, 1.165) is 18.9 Å². The van der Waals surface area contributed by atoms with Crippen LogP contribution >= 0.6 is 28.3 Å². The lowest BCUT2D eigenvalue weighted by atomic mass is 9.99. The number of phenolic OH excluding ortho intramolecular Hbond substituents is 1. The van der Waals surface area contributed by atoms with Gasteiger partial charge in [0.2, 0.25) is 0 Å². The zero-order chi connectivity index (χ0) is 12.8. The first-order valence-corrected chi connectivity index (χ1v) is 5.95. The van der Waals surface area contributed by atoms with E-state index in [1.807, 2.05) is 0 Å². The van der Waals surface area contributed by atoms with Crippen LogP contribution in [-0.2, 0) is 6.18 Å². The van der Waals surface area contributed by atoms with E-state index in [0.29, 0.717) is 0 Å². The maximum atomic E-state index is 12.7. The number of halogens is 5. The molecule has 1 atom stereocenters. The van der Waals surface area contributed by atoms with E-state index in [2.05, 4.69) is 15.9 Å². The number of rotatable bonds is 2. The molecule has 0 radical (unpaired) electrons. The van der Waals surface area contributed by atoms with E-state index in [1.165, 1.54) is 6.07 Å². The van der Waals surface area contributed by atoms with Crippen LogP contribution in [0.1, 0.15) is 30.0 Å². The molecule has 0 bridgehead atoms. The Morgan fingerprint density at radius 2 is 1.89 bits per heavy atom. The molecule has 0 heterocycles. The maximum Gasteiger partial charge on any atom is 0.420 e. The lowest BCUT2D eigenvalue weighted by Crippen LogP contribution is -2.15. The van der Waals surface area contributed by atoms with Crippen molar-refractivity contribution >= 4 is 28.3 Å². The molecular weight excluding hydrogens is 334 g/mol. The summed E-state index contributed by atoms with van der Waals surface area (Å²) < 4.78 is 38.3. The molecule has 0 aromatic heterocycles. The third kappa shape index (κ3) is 3.10. The number of aromatic hydroxyl groups is 1. The van der Waals surface area contributed by atoms with Gasteiger partial charge < -0.3 is 10.8 Å². The number of benzene rings is 1. The molecule has 1 aliphatic rings. The zero-order valence-corrected chi connectivity index (χ0v) is 11.6. The Morgan fingerprint density at radius 1 is 1.33 bits per heavy atom. The van der Waals surface area contributed by atoms with E-state index < -0.39 is 23.5 Å². The molecule has 0 unspecified atom stereocenters. The fourth-order valence-corrected chi connectivity index (χ4v) is 2.28. The third-order valence-corrected chi connectivity index (χ3v) is 3.36. The van der Waals surface area contributed by atoms with Crippen LogP contribution in [0.15, 0.2) is 16.6 Å². The van der Waals surface area contributed by atoms with E-state index in [4.69, 9.17) is 5.73 Å². The summed E-state index contributed by atoms with van der Waals surface area (Å²) in [6.07, 6.45) is -2.78. The second-order valence-corrected chi connectivity index (χ2v) is 5.17. The molecule has 2 nitrogen and oxygen atoms in total. The van der Waals surface area contributed by atoms with Crippen LogP contribution in [-0.4, -0.2) is 5.11 Å². The number of hydrogen-bond acceptors (Lipinski definition) is 2. The summed E-state index contributed by atoms with van der Waals surface area (Å²) >= 11 is 3.01. The van der Waals surface area contributed by atoms with Crippen molar-refractivity contribution in [1.82, 2.24) is 0 Å². The molecule has 0 saturated heterocycles. The summed E-state index contributed by atoms with van der Waals surface area (Å²) in [5.74, 6) is -0.573. The number of alkyl halides is 3. The predicted octanol–water partition coefficient (Wildman–Crippen LogP) is 4.01. The van der Waals surface area contributed by atoms with E-state index in [9.17, 15) is 18.3 Å². The molecule has 0 aliphatic heterocycles. The Hall–Kier alpha value is -0.460. The standard InChI is InChI=1S/C11H11BrF3NO.ClH/c12-6-3-7(9(16)5-1-2-5)10(17)8(4-6)11(13,14)15;/h3-5,9,17H,1-2,16H2;1H/t9-;/m1./s1. The van der Waals surface area contributed by atoms with Crippen molar-refractivity contribution in [2.24, 2.45) is 11.7 Å². The Labute approximate surface area is 117 Å². The van der Waals surface area contributed by atoms with Crippen LogP contribution in [0, 0.1) is 5.92 Å². The van der Waals surface area contributed by atoms with Crippen molar-refractivity contribution in [3.05, 3.63) is 27.7 Å². The molecule has 0 spiro atoms. The van der Waals surface area contributed by atoms with Gasteiger partial charge in [0.15, 0.2) is 0 Å². The highest BCUT2D eigenvalue weighted by atomic mass is 79.9. The molecule has 2 rings (SSSR count). The largest absolute Gasteiger partial charge is 0.507 e. The normalized spacial score (nSPS) is 17.2. The van der Waals surface area contributed by atoms with Gasteiger partial charge in [0.05, 0.1) is 5.56 Å². The van der Waals surface area contributed by atoms with Gasteiger partial charge >= 0.3 is 6.18 Å². The van der Waals surface area contributed by atoms with Crippen molar-refractivity contribution in [3.8, 4) is 5.75 Å². The van der Waals surface area contributed by atoms with E-state index in [1.54, 1.807) is 0 Å². The van der Waals surface area contributed by atoms with Crippen LogP contribution in [0.25, 0.3) is 0 Å². The van der Waals surface area contributed by atoms with Gasteiger partial charge in [0.25, 0.3) is 0 Å². The summed E-state index contributed by atoms with van der Waals surface area (Å²) in [6, 6.07) is 1.78. The molecule has 1 saturated carbocycles. The van der Waals surface area contributed by atoms with Crippen LogP contribution < -0.4 is 5.73 Å². The van der Waals surface area contributed by atoms with Crippen LogP contribution in [0.3, 0.4) is 0 Å². The lowest BCUT2D eigenvalue weighted by Gasteiger charge is -2.17. The maximum absolute atomic E-state index is 12.7. The Balaban J connectivity index is 0.00000162. The molecule has 102 valence electrons. The lowest BCUT2D eigenvalue weighted by molar-refractivity contribution is -0.138. The van der Waals surface area contributed by atoms with Crippen molar-refractivity contribution in [2.45, 2.75) is 25.1 Å². The quantitative estimate of drug-likeness (QED) is 0.850. The van der Waals surface area contributed by atoms with Gasteiger partial charge in [-0.1, -0.05) is 15.9 Å². The highest BCUT2D eigenvalue weighted by molar-refractivity contribution is 9.10. The summed E-state index contributed by atoms with van der Waals surface area (Å²) in [5.41, 5.74) is 4.95. The molecule has 1 aliphatic carbocycles. The summed E-state index contributed by atoms with van der Waals surface area (Å²) in [6.45, 7) is 0. The van der Waals surface area contributed by atoms with Crippen molar-refractivity contribution in [1.29, 1.82) is 0 Å². The first-order valence-electron chi connectivity index (χ1n) is 5.16. The van der Waals surface area contributed by atoms with Gasteiger partial charge in [-0.2, -0.15) is 13.2 Å². The Morgan fingerprint density at radius 3 is 2.33 bits per heavy atom. The third-order valence-electron chi connectivity index (χ3n) is 2.90. The molecule has 1 aromatic rings. The van der Waals surface area contributed by atoms with Crippen molar-refractivity contribution in [3.63, 3.8) is 0 Å².